The maximum absolute atomic E-state index is 10.8. The first-order chi connectivity index (χ1) is 7.61. The first kappa shape index (κ1) is 11.3. The zero-order valence-electron chi connectivity index (χ0n) is 8.07. The van der Waals surface area contributed by atoms with Gasteiger partial charge in [-0.3, -0.25) is 0 Å². The summed E-state index contributed by atoms with van der Waals surface area (Å²) < 4.78 is 19.7. The molecule has 4 unspecified atom stereocenters. The smallest absolute Gasteiger partial charge is 0.335 e. The second-order valence-electron chi connectivity index (χ2n) is 3.35. The Bertz CT molecular complexity index is 272. The van der Waals surface area contributed by atoms with E-state index in [2.05, 4.69) is 0 Å². The van der Waals surface area contributed by atoms with Crippen LogP contribution in [0.1, 0.15) is 0 Å². The van der Waals surface area contributed by atoms with E-state index in [1.165, 1.54) is 0 Å². The lowest BCUT2D eigenvalue weighted by molar-refractivity contribution is -0.316. The molecule has 0 aromatic rings. The number of hydrogen-bond donors (Lipinski definition) is 2. The molecule has 2 aliphatic rings. The van der Waals surface area contributed by atoms with E-state index in [-0.39, 0.29) is 13.6 Å². The van der Waals surface area contributed by atoms with E-state index in [4.69, 9.17) is 29.2 Å². The van der Waals surface area contributed by atoms with Gasteiger partial charge in [0.1, 0.15) is 25.8 Å². The second kappa shape index (κ2) is 4.34. The summed E-state index contributed by atoms with van der Waals surface area (Å²) in [6.07, 6.45) is -4.41. The lowest BCUT2D eigenvalue weighted by Crippen LogP contribution is -2.60. The van der Waals surface area contributed by atoms with Gasteiger partial charge in [-0.2, -0.15) is 0 Å². The van der Waals surface area contributed by atoms with Crippen LogP contribution in [0.3, 0.4) is 0 Å². The highest BCUT2D eigenvalue weighted by Crippen LogP contribution is 2.26. The molecule has 4 atom stereocenters. The van der Waals surface area contributed by atoms with Gasteiger partial charge >= 0.3 is 11.9 Å². The summed E-state index contributed by atoms with van der Waals surface area (Å²) in [5.41, 5.74) is 0. The number of hydrogen-bond acceptors (Lipinski definition) is 6. The average Bonchev–Trinajstić information content (AvgIpc) is 2.27. The van der Waals surface area contributed by atoms with Crippen LogP contribution in [-0.2, 0) is 28.5 Å². The zero-order valence-corrected chi connectivity index (χ0v) is 8.07. The van der Waals surface area contributed by atoms with Crippen molar-refractivity contribution >= 4 is 11.9 Å². The Morgan fingerprint density at radius 1 is 0.812 bits per heavy atom. The number of rotatable bonds is 2. The Morgan fingerprint density at radius 3 is 1.50 bits per heavy atom. The molecule has 8 heteroatoms. The van der Waals surface area contributed by atoms with Crippen molar-refractivity contribution in [2.24, 2.45) is 0 Å². The fourth-order valence-electron chi connectivity index (χ4n) is 1.70. The summed E-state index contributed by atoms with van der Waals surface area (Å²) in [5, 5.41) is 17.7. The van der Waals surface area contributed by atoms with Gasteiger partial charge in [-0.25, -0.2) is 9.59 Å². The van der Waals surface area contributed by atoms with Crippen molar-refractivity contribution in [3.63, 3.8) is 0 Å². The summed E-state index contributed by atoms with van der Waals surface area (Å²) in [4.78, 5) is 21.7. The summed E-state index contributed by atoms with van der Waals surface area (Å²) >= 11 is 0. The van der Waals surface area contributed by atoms with Crippen molar-refractivity contribution in [3.05, 3.63) is 0 Å². The number of fused-ring (bicyclic) bond motifs is 1. The molecule has 0 radical (unpaired) electrons. The Labute approximate surface area is 89.6 Å². The monoisotopic (exact) mass is 234 g/mol. The fourth-order valence-corrected chi connectivity index (χ4v) is 1.70. The molecular weight excluding hydrogens is 224 g/mol. The highest BCUT2D eigenvalue weighted by atomic mass is 16.8. The van der Waals surface area contributed by atoms with E-state index in [0.717, 1.165) is 0 Å². The molecule has 0 aromatic heterocycles. The van der Waals surface area contributed by atoms with E-state index in [0.29, 0.717) is 0 Å². The number of aliphatic carboxylic acids is 2. The summed E-state index contributed by atoms with van der Waals surface area (Å²) in [7, 11) is 0. The molecule has 2 N–H and O–H groups in total. The van der Waals surface area contributed by atoms with Crippen LogP contribution in [0.5, 0.6) is 0 Å². The van der Waals surface area contributed by atoms with Gasteiger partial charge in [0.05, 0.1) is 0 Å². The van der Waals surface area contributed by atoms with Crippen molar-refractivity contribution in [2.45, 2.75) is 24.4 Å². The van der Waals surface area contributed by atoms with Crippen molar-refractivity contribution in [3.8, 4) is 0 Å². The minimum absolute atomic E-state index is 0.297. The van der Waals surface area contributed by atoms with Gasteiger partial charge in [-0.15, -0.1) is 0 Å². The molecular formula is C8H10O8. The normalized spacial score (nSPS) is 38.8. The minimum atomic E-state index is -1.23. The standard InChI is InChI=1S/C8H10O8/c9-7(10)5-4-3(13-1-15-5)6(8(11)12)16-2-14-4/h3-6H,1-2H2,(H,9,10)(H,11,12). The van der Waals surface area contributed by atoms with Gasteiger partial charge in [0.2, 0.25) is 0 Å². The number of carbonyl (C=O) groups is 2. The van der Waals surface area contributed by atoms with Gasteiger partial charge < -0.3 is 29.2 Å². The topological polar surface area (TPSA) is 112 Å². The molecule has 8 nitrogen and oxygen atoms in total. The zero-order chi connectivity index (χ0) is 11.7. The third kappa shape index (κ3) is 1.87. The van der Waals surface area contributed by atoms with Crippen LogP contribution in [0.2, 0.25) is 0 Å². The van der Waals surface area contributed by atoms with Gasteiger partial charge in [0.25, 0.3) is 0 Å². The van der Waals surface area contributed by atoms with Crippen LogP contribution in [0.25, 0.3) is 0 Å². The highest BCUT2D eigenvalue weighted by Gasteiger charge is 2.49. The molecule has 0 aromatic carbocycles. The lowest BCUT2D eigenvalue weighted by Gasteiger charge is -2.41. The summed E-state index contributed by atoms with van der Waals surface area (Å²) in [5.74, 6) is -2.44. The van der Waals surface area contributed by atoms with E-state index < -0.39 is 36.4 Å². The molecule has 2 aliphatic heterocycles. The quantitative estimate of drug-likeness (QED) is 0.602. The van der Waals surface area contributed by atoms with E-state index in [1.807, 2.05) is 0 Å². The van der Waals surface area contributed by atoms with Gasteiger partial charge in [-0.05, 0) is 0 Å². The highest BCUT2D eigenvalue weighted by molar-refractivity contribution is 5.76. The molecule has 2 rings (SSSR count). The third-order valence-corrected chi connectivity index (χ3v) is 2.42. The van der Waals surface area contributed by atoms with Crippen LogP contribution in [-0.4, -0.2) is 60.2 Å². The summed E-state index contributed by atoms with van der Waals surface area (Å²) in [6, 6.07) is 0. The predicted molar refractivity (Wildman–Crippen MR) is 44.5 cm³/mol. The maximum atomic E-state index is 10.8. The van der Waals surface area contributed by atoms with Gasteiger partial charge in [-0.1, -0.05) is 0 Å². The lowest BCUT2D eigenvalue weighted by atomic mass is 10.0. The van der Waals surface area contributed by atoms with Crippen LogP contribution in [0.15, 0.2) is 0 Å². The molecule has 0 bridgehead atoms. The maximum Gasteiger partial charge on any atom is 0.335 e. The molecule has 0 saturated carbocycles. The van der Waals surface area contributed by atoms with Crippen LogP contribution in [0, 0.1) is 0 Å². The predicted octanol–water partition coefficient (Wildman–Crippen LogP) is -1.36. The van der Waals surface area contributed by atoms with Gasteiger partial charge in [0, 0.05) is 0 Å². The first-order valence-electron chi connectivity index (χ1n) is 4.53. The largest absolute Gasteiger partial charge is 0.479 e. The van der Waals surface area contributed by atoms with Crippen molar-refractivity contribution in [2.75, 3.05) is 13.6 Å². The number of carboxylic acids is 2. The third-order valence-electron chi connectivity index (χ3n) is 2.42. The molecule has 0 aliphatic carbocycles. The molecule has 0 spiro atoms. The average molecular weight is 234 g/mol. The minimum Gasteiger partial charge on any atom is -0.479 e. The molecule has 2 fully saturated rings. The van der Waals surface area contributed by atoms with E-state index >= 15 is 0 Å². The molecule has 16 heavy (non-hydrogen) atoms. The first-order valence-corrected chi connectivity index (χ1v) is 4.53. The molecule has 2 saturated heterocycles. The van der Waals surface area contributed by atoms with Crippen LogP contribution in [0.4, 0.5) is 0 Å². The number of carboxylic acid groups (broad SMARTS) is 2. The number of ether oxygens (including phenoxy) is 4. The second-order valence-corrected chi connectivity index (χ2v) is 3.35. The van der Waals surface area contributed by atoms with Gasteiger partial charge in [0.15, 0.2) is 12.2 Å². The Hall–Kier alpha value is -1.22. The summed E-state index contributed by atoms with van der Waals surface area (Å²) in [6.45, 7) is -0.594. The molecule has 2 heterocycles. The fraction of sp³-hybridized carbons (Fsp3) is 0.750. The SMILES string of the molecule is O=C(O)C1OCOC2C(C(=O)O)OCOC12. The van der Waals surface area contributed by atoms with Crippen molar-refractivity contribution in [1.82, 2.24) is 0 Å². The Kier molecular flexibility index (Phi) is 3.06. The Balaban J connectivity index is 2.17. The van der Waals surface area contributed by atoms with Crippen LogP contribution < -0.4 is 0 Å². The van der Waals surface area contributed by atoms with Crippen LogP contribution >= 0.6 is 0 Å². The van der Waals surface area contributed by atoms with Crippen molar-refractivity contribution in [1.29, 1.82) is 0 Å². The molecule has 90 valence electrons. The Morgan fingerprint density at radius 2 is 1.19 bits per heavy atom. The van der Waals surface area contributed by atoms with E-state index in [1.54, 1.807) is 0 Å². The van der Waals surface area contributed by atoms with Crippen molar-refractivity contribution < 1.29 is 38.7 Å². The molecule has 0 amide bonds. The van der Waals surface area contributed by atoms with E-state index in [9.17, 15) is 9.59 Å².